The van der Waals surface area contributed by atoms with Gasteiger partial charge in [0.1, 0.15) is 17.9 Å². The normalized spacial score (nSPS) is 22.4. The van der Waals surface area contributed by atoms with Gasteiger partial charge < -0.3 is 20.1 Å². The number of ether oxygens (including phenoxy) is 1. The van der Waals surface area contributed by atoms with E-state index >= 15 is 4.39 Å². The smallest absolute Gasteiger partial charge is 0.341 e. The van der Waals surface area contributed by atoms with Crippen molar-refractivity contribution in [2.45, 2.75) is 32.4 Å². The van der Waals surface area contributed by atoms with Gasteiger partial charge in [-0.2, -0.15) is 0 Å². The summed E-state index contributed by atoms with van der Waals surface area (Å²) in [5, 5.41) is 13.0. The molecule has 28 heavy (non-hydrogen) atoms. The molecule has 8 heteroatoms. The first-order valence-corrected chi connectivity index (χ1v) is 9.53. The molecule has 0 bridgehead atoms. The monoisotopic (exact) mass is 389 g/mol. The standard InChI is InChI=1S/C20H24FN3O4/c1-10-9-28-18-16-13(6-14(20(26)27)19(25)24(10)16)7-15(21)17(18)23-5-4-12(8-23)11(2)22-3/h6-7,10-12,22H,4-5,8-9H2,1-3H3,(H,26,27)/t10-,11?,12+/m0/s1. The lowest BCUT2D eigenvalue weighted by Gasteiger charge is -2.31. The number of benzene rings is 1. The van der Waals surface area contributed by atoms with E-state index in [9.17, 15) is 14.7 Å². The number of aromatic carboxylic acids is 1. The average Bonchev–Trinajstić information content (AvgIpc) is 3.14. The molecule has 150 valence electrons. The lowest BCUT2D eigenvalue weighted by molar-refractivity contribution is 0.0694. The van der Waals surface area contributed by atoms with Crippen LogP contribution >= 0.6 is 0 Å². The Morgan fingerprint density at radius 2 is 2.18 bits per heavy atom. The predicted octanol–water partition coefficient (Wildman–Crippen LogP) is 2.23. The lowest BCUT2D eigenvalue weighted by Crippen LogP contribution is -2.35. The zero-order valence-corrected chi connectivity index (χ0v) is 16.2. The Morgan fingerprint density at radius 3 is 2.86 bits per heavy atom. The van der Waals surface area contributed by atoms with Crippen LogP contribution in [0.25, 0.3) is 10.9 Å². The molecule has 2 aliphatic rings. The van der Waals surface area contributed by atoms with Crippen LogP contribution in [0.2, 0.25) is 0 Å². The van der Waals surface area contributed by atoms with E-state index in [2.05, 4.69) is 12.2 Å². The number of hydrogen-bond acceptors (Lipinski definition) is 5. The third-order valence-electron chi connectivity index (χ3n) is 6.05. The largest absolute Gasteiger partial charge is 0.487 e. The second-order valence-electron chi connectivity index (χ2n) is 7.74. The molecule has 4 rings (SSSR count). The van der Waals surface area contributed by atoms with Gasteiger partial charge in [-0.25, -0.2) is 9.18 Å². The molecule has 1 fully saturated rings. The van der Waals surface area contributed by atoms with Gasteiger partial charge in [0.2, 0.25) is 0 Å². The summed E-state index contributed by atoms with van der Waals surface area (Å²) in [4.78, 5) is 26.2. The van der Waals surface area contributed by atoms with Gasteiger partial charge in [-0.3, -0.25) is 9.36 Å². The average molecular weight is 389 g/mol. The molecule has 2 aliphatic heterocycles. The molecule has 0 spiro atoms. The number of anilines is 1. The Balaban J connectivity index is 1.92. The number of rotatable bonds is 4. The number of halogens is 1. The van der Waals surface area contributed by atoms with E-state index in [-0.39, 0.29) is 18.2 Å². The quantitative estimate of drug-likeness (QED) is 0.834. The lowest BCUT2D eigenvalue weighted by atomic mass is 10.0. The molecule has 3 heterocycles. The van der Waals surface area contributed by atoms with Crippen molar-refractivity contribution < 1.29 is 19.0 Å². The number of nitrogens with one attached hydrogen (secondary N) is 1. The summed E-state index contributed by atoms with van der Waals surface area (Å²) in [7, 11) is 1.91. The van der Waals surface area contributed by atoms with Crippen LogP contribution in [0.3, 0.4) is 0 Å². The van der Waals surface area contributed by atoms with E-state index in [1.807, 2.05) is 11.9 Å². The van der Waals surface area contributed by atoms with E-state index in [0.29, 0.717) is 47.4 Å². The second-order valence-corrected chi connectivity index (χ2v) is 7.74. The van der Waals surface area contributed by atoms with E-state index in [0.717, 1.165) is 6.42 Å². The number of carbonyl (C=O) groups is 1. The van der Waals surface area contributed by atoms with Crippen LogP contribution in [0.4, 0.5) is 10.1 Å². The first kappa shape index (κ1) is 18.7. The first-order chi connectivity index (χ1) is 13.3. The third kappa shape index (κ3) is 2.74. The molecule has 1 saturated heterocycles. The summed E-state index contributed by atoms with van der Waals surface area (Å²) in [6.45, 7) is 5.47. The van der Waals surface area contributed by atoms with Crippen LogP contribution in [0, 0.1) is 11.7 Å². The van der Waals surface area contributed by atoms with E-state index in [4.69, 9.17) is 4.74 Å². The van der Waals surface area contributed by atoms with Crippen molar-refractivity contribution in [3.63, 3.8) is 0 Å². The molecule has 3 atom stereocenters. The molecule has 7 nitrogen and oxygen atoms in total. The summed E-state index contributed by atoms with van der Waals surface area (Å²) in [5.41, 5.74) is -0.113. The zero-order valence-electron chi connectivity index (χ0n) is 16.2. The van der Waals surface area contributed by atoms with Crippen LogP contribution in [-0.2, 0) is 0 Å². The van der Waals surface area contributed by atoms with Gasteiger partial charge in [-0.15, -0.1) is 0 Å². The summed E-state index contributed by atoms with van der Waals surface area (Å²) < 4.78 is 22.5. The molecule has 0 amide bonds. The second kappa shape index (κ2) is 6.77. The van der Waals surface area contributed by atoms with Gasteiger partial charge >= 0.3 is 5.97 Å². The number of carboxylic acids is 1. The molecule has 0 aliphatic carbocycles. The van der Waals surface area contributed by atoms with Crippen LogP contribution in [0.15, 0.2) is 16.9 Å². The van der Waals surface area contributed by atoms with Gasteiger partial charge in [0.15, 0.2) is 11.6 Å². The van der Waals surface area contributed by atoms with Crippen molar-refractivity contribution in [1.29, 1.82) is 0 Å². The van der Waals surface area contributed by atoms with Gasteiger partial charge in [-0.05, 0) is 45.4 Å². The minimum absolute atomic E-state index is 0.186. The Hall–Kier alpha value is -2.61. The number of pyridine rings is 1. The highest BCUT2D eigenvalue weighted by Crippen LogP contribution is 2.43. The van der Waals surface area contributed by atoms with Crippen molar-refractivity contribution in [2.24, 2.45) is 5.92 Å². The Morgan fingerprint density at radius 1 is 1.43 bits per heavy atom. The molecule has 1 aromatic heterocycles. The molecule has 2 aromatic rings. The van der Waals surface area contributed by atoms with Crippen molar-refractivity contribution in [3.8, 4) is 5.75 Å². The zero-order chi connectivity index (χ0) is 20.2. The molecular weight excluding hydrogens is 365 g/mol. The van der Waals surface area contributed by atoms with Gasteiger partial charge in [0.05, 0.1) is 11.6 Å². The minimum Gasteiger partial charge on any atom is -0.487 e. The number of hydrogen-bond donors (Lipinski definition) is 2. The molecule has 1 unspecified atom stereocenters. The van der Waals surface area contributed by atoms with Gasteiger partial charge in [0.25, 0.3) is 5.56 Å². The Kier molecular flexibility index (Phi) is 4.53. The fraction of sp³-hybridized carbons (Fsp3) is 0.500. The maximum absolute atomic E-state index is 15.1. The molecule has 0 saturated carbocycles. The third-order valence-corrected chi connectivity index (χ3v) is 6.05. The summed E-state index contributed by atoms with van der Waals surface area (Å²) in [6.07, 6.45) is 0.931. The summed E-state index contributed by atoms with van der Waals surface area (Å²) in [6, 6.07) is 2.52. The highest BCUT2D eigenvalue weighted by Gasteiger charge is 2.34. The summed E-state index contributed by atoms with van der Waals surface area (Å²) in [5.74, 6) is -1.06. The van der Waals surface area contributed by atoms with E-state index in [1.165, 1.54) is 16.7 Å². The highest BCUT2D eigenvalue weighted by atomic mass is 19.1. The van der Waals surface area contributed by atoms with Crippen molar-refractivity contribution in [1.82, 2.24) is 9.88 Å². The van der Waals surface area contributed by atoms with Crippen LogP contribution in [0.5, 0.6) is 5.75 Å². The number of carboxylic acid groups (broad SMARTS) is 1. The highest BCUT2D eigenvalue weighted by molar-refractivity contribution is 5.97. The van der Waals surface area contributed by atoms with Crippen LogP contribution in [0.1, 0.15) is 36.7 Å². The fourth-order valence-corrected chi connectivity index (χ4v) is 4.35. The topological polar surface area (TPSA) is 83.8 Å². The fourth-order valence-electron chi connectivity index (χ4n) is 4.35. The van der Waals surface area contributed by atoms with E-state index in [1.54, 1.807) is 6.92 Å². The minimum atomic E-state index is -1.32. The Bertz CT molecular complexity index is 1020. The molecule has 2 N–H and O–H groups in total. The van der Waals surface area contributed by atoms with Gasteiger partial charge in [0, 0.05) is 24.5 Å². The molecule has 1 aromatic carbocycles. The molecule has 0 radical (unpaired) electrons. The van der Waals surface area contributed by atoms with Crippen molar-refractivity contribution in [2.75, 3.05) is 31.6 Å². The number of aromatic nitrogens is 1. The van der Waals surface area contributed by atoms with E-state index < -0.39 is 17.3 Å². The van der Waals surface area contributed by atoms with Crippen molar-refractivity contribution in [3.05, 3.63) is 33.9 Å². The van der Waals surface area contributed by atoms with Crippen LogP contribution in [-0.4, -0.2) is 48.4 Å². The maximum Gasteiger partial charge on any atom is 0.341 e. The Labute approximate surface area is 161 Å². The van der Waals surface area contributed by atoms with Gasteiger partial charge in [-0.1, -0.05) is 0 Å². The summed E-state index contributed by atoms with van der Waals surface area (Å²) >= 11 is 0. The number of nitrogens with zero attached hydrogens (tertiary/aromatic N) is 2. The molecular formula is C20H24FN3O4. The maximum atomic E-state index is 15.1. The van der Waals surface area contributed by atoms with Crippen LogP contribution < -0.4 is 20.5 Å². The van der Waals surface area contributed by atoms with Crippen molar-refractivity contribution >= 4 is 22.6 Å². The predicted molar refractivity (Wildman–Crippen MR) is 104 cm³/mol. The first-order valence-electron chi connectivity index (χ1n) is 9.53. The SMILES string of the molecule is CNC(C)[C@@H]1CCN(c2c(F)cc3cc(C(=O)O)c(=O)n4c3c2OC[C@@H]4C)C1.